The fraction of sp³-hybridized carbons (Fsp3) is 0.739. The van der Waals surface area contributed by atoms with E-state index < -0.39 is 85.3 Å². The number of hydrogen-bond donors (Lipinski definition) is 1. The van der Waals surface area contributed by atoms with Gasteiger partial charge in [0.25, 0.3) is 0 Å². The molecule has 2 heterocycles. The highest BCUT2D eigenvalue weighted by atomic mass is 16.8. The van der Waals surface area contributed by atoms with E-state index in [4.69, 9.17) is 37.9 Å². The molecule has 0 bridgehead atoms. The number of ether oxygens (including phenoxy) is 8. The van der Waals surface area contributed by atoms with Gasteiger partial charge < -0.3 is 43.0 Å². The Morgan fingerprint density at radius 2 is 1.42 bits per heavy atom. The van der Waals surface area contributed by atoms with E-state index in [1.165, 1.54) is 26.8 Å². The minimum absolute atomic E-state index is 0.0273. The first-order chi connectivity index (χ1) is 16.8. The highest BCUT2D eigenvalue weighted by molar-refractivity contribution is 5.68. The molecular formula is C23H34O13. The second kappa shape index (κ2) is 13.1. The first-order valence-corrected chi connectivity index (χ1v) is 11.4. The summed E-state index contributed by atoms with van der Waals surface area (Å²) in [7, 11) is 0. The summed E-state index contributed by atoms with van der Waals surface area (Å²) in [4.78, 5) is 47.0. The molecule has 2 saturated heterocycles. The van der Waals surface area contributed by atoms with Crippen molar-refractivity contribution in [2.45, 2.75) is 103 Å². The summed E-state index contributed by atoms with van der Waals surface area (Å²) >= 11 is 0. The Balaban J connectivity index is 2.43. The molecule has 2 rings (SSSR count). The zero-order valence-corrected chi connectivity index (χ0v) is 21.1. The van der Waals surface area contributed by atoms with Crippen molar-refractivity contribution in [3.8, 4) is 0 Å². The third-order valence-electron chi connectivity index (χ3n) is 5.37. The van der Waals surface area contributed by atoms with Crippen molar-refractivity contribution in [2.75, 3.05) is 6.61 Å². The summed E-state index contributed by atoms with van der Waals surface area (Å²) in [6.07, 6.45) is -10.2. The quantitative estimate of drug-likeness (QED) is 0.236. The number of aliphatic hydroxyl groups excluding tert-OH is 1. The third-order valence-corrected chi connectivity index (χ3v) is 5.37. The molecule has 0 aromatic rings. The molecule has 13 nitrogen and oxygen atoms in total. The maximum absolute atomic E-state index is 11.9. The van der Waals surface area contributed by atoms with Crippen LogP contribution in [0, 0.1) is 0 Å². The fourth-order valence-electron chi connectivity index (χ4n) is 4.12. The van der Waals surface area contributed by atoms with Gasteiger partial charge in [-0.1, -0.05) is 6.08 Å². The molecule has 0 radical (unpaired) electrons. The van der Waals surface area contributed by atoms with Crippen LogP contribution in [0.4, 0.5) is 0 Å². The number of rotatable bonds is 10. The summed E-state index contributed by atoms with van der Waals surface area (Å²) in [6, 6.07) is 0. The Bertz CT molecular complexity index is 814. The van der Waals surface area contributed by atoms with E-state index in [0.717, 1.165) is 13.8 Å². The molecule has 0 saturated carbocycles. The predicted octanol–water partition coefficient (Wildman–Crippen LogP) is 0.152. The van der Waals surface area contributed by atoms with Crippen molar-refractivity contribution >= 4 is 23.9 Å². The Hall–Kier alpha value is -2.58. The van der Waals surface area contributed by atoms with E-state index in [1.807, 2.05) is 0 Å². The van der Waals surface area contributed by atoms with Crippen LogP contribution >= 0.6 is 0 Å². The van der Waals surface area contributed by atoms with Gasteiger partial charge in [0, 0.05) is 27.7 Å². The van der Waals surface area contributed by atoms with E-state index in [0.29, 0.717) is 0 Å². The summed E-state index contributed by atoms with van der Waals surface area (Å²) < 4.78 is 44.5. The molecular weight excluding hydrogens is 484 g/mol. The van der Waals surface area contributed by atoms with Gasteiger partial charge in [-0.2, -0.15) is 0 Å². The molecule has 0 aromatic carbocycles. The van der Waals surface area contributed by atoms with Gasteiger partial charge in [0.15, 0.2) is 30.9 Å². The normalized spacial score (nSPS) is 34.8. The SMILES string of the molecule is C=CCO[C@@H]1[C@H](O[C@@H]2O[C@@H](C)[C@H](OC(C)=O)[C@@H](OC(C)=O)[C@H]2OC(C)=O)[C@H]([C@@H](C)OC(C)=O)O[C@H]1O. The smallest absolute Gasteiger partial charge is 0.303 e. The lowest BCUT2D eigenvalue weighted by atomic mass is 9.98. The lowest BCUT2D eigenvalue weighted by Crippen LogP contribution is -2.62. The standard InChI is InChI=1S/C23H34O13/c1-8-9-29-20-18(17(35-22(20)28)10(2)30-12(4)24)36-23-21(34-15(7)27)19(33-14(6)26)16(11(3)31-23)32-13(5)25/h8,10-11,16-23,28H,1,9H2,2-7H3/t10-,11+,16+,17+,18-,19-,20-,21-,22-,23+/m1/s1. The second-order valence-corrected chi connectivity index (χ2v) is 8.42. The van der Waals surface area contributed by atoms with Gasteiger partial charge in [0.2, 0.25) is 0 Å². The van der Waals surface area contributed by atoms with E-state index >= 15 is 0 Å². The molecule has 1 N–H and O–H groups in total. The third kappa shape index (κ3) is 7.71. The average molecular weight is 519 g/mol. The summed E-state index contributed by atoms with van der Waals surface area (Å²) in [5.74, 6) is -2.74. The molecule has 0 aliphatic carbocycles. The topological polar surface area (TPSA) is 162 Å². The van der Waals surface area contributed by atoms with Crippen LogP contribution < -0.4 is 0 Å². The van der Waals surface area contributed by atoms with Gasteiger partial charge in [0.05, 0.1) is 12.7 Å². The largest absolute Gasteiger partial charge is 0.460 e. The fourth-order valence-corrected chi connectivity index (χ4v) is 4.12. The predicted molar refractivity (Wildman–Crippen MR) is 118 cm³/mol. The van der Waals surface area contributed by atoms with Crippen LogP contribution in [-0.2, 0) is 57.1 Å². The van der Waals surface area contributed by atoms with Crippen molar-refractivity contribution in [1.82, 2.24) is 0 Å². The molecule has 36 heavy (non-hydrogen) atoms. The van der Waals surface area contributed by atoms with Gasteiger partial charge in [-0.25, -0.2) is 0 Å². The van der Waals surface area contributed by atoms with Crippen molar-refractivity contribution in [3.05, 3.63) is 12.7 Å². The molecule has 13 heteroatoms. The Kier molecular flexibility index (Phi) is 10.8. The maximum Gasteiger partial charge on any atom is 0.303 e. The number of hydrogen-bond acceptors (Lipinski definition) is 13. The molecule has 0 unspecified atom stereocenters. The minimum Gasteiger partial charge on any atom is -0.460 e. The second-order valence-electron chi connectivity index (χ2n) is 8.42. The summed E-state index contributed by atoms with van der Waals surface area (Å²) in [6.45, 7) is 11.3. The molecule has 0 spiro atoms. The van der Waals surface area contributed by atoms with Crippen LogP contribution in [0.2, 0.25) is 0 Å². The number of aliphatic hydroxyl groups is 1. The maximum atomic E-state index is 11.9. The number of carbonyl (C=O) groups is 4. The Labute approximate surface area is 208 Å². The van der Waals surface area contributed by atoms with E-state index in [-0.39, 0.29) is 6.61 Å². The molecule has 2 fully saturated rings. The lowest BCUT2D eigenvalue weighted by molar-refractivity contribution is -0.318. The van der Waals surface area contributed by atoms with Gasteiger partial charge >= 0.3 is 23.9 Å². The highest BCUT2D eigenvalue weighted by Crippen LogP contribution is 2.35. The van der Waals surface area contributed by atoms with Gasteiger partial charge in [-0.3, -0.25) is 19.2 Å². The number of carbonyl (C=O) groups excluding carboxylic acids is 4. The summed E-state index contributed by atoms with van der Waals surface area (Å²) in [5.41, 5.74) is 0. The lowest BCUT2D eigenvalue weighted by Gasteiger charge is -2.44. The van der Waals surface area contributed by atoms with Crippen LogP contribution in [-0.4, -0.2) is 97.0 Å². The molecule has 10 atom stereocenters. The van der Waals surface area contributed by atoms with Crippen LogP contribution in [0.3, 0.4) is 0 Å². The van der Waals surface area contributed by atoms with Crippen LogP contribution in [0.5, 0.6) is 0 Å². The molecule has 204 valence electrons. The van der Waals surface area contributed by atoms with Crippen LogP contribution in [0.1, 0.15) is 41.5 Å². The summed E-state index contributed by atoms with van der Waals surface area (Å²) in [5, 5.41) is 10.5. The molecule has 0 amide bonds. The van der Waals surface area contributed by atoms with Gasteiger partial charge in [-0.05, 0) is 13.8 Å². The van der Waals surface area contributed by atoms with Crippen LogP contribution in [0.15, 0.2) is 12.7 Å². The monoisotopic (exact) mass is 518 g/mol. The zero-order valence-electron chi connectivity index (χ0n) is 21.1. The Morgan fingerprint density at radius 3 is 1.94 bits per heavy atom. The Morgan fingerprint density at radius 1 is 0.861 bits per heavy atom. The van der Waals surface area contributed by atoms with Crippen molar-refractivity contribution in [1.29, 1.82) is 0 Å². The molecule has 0 aromatic heterocycles. The van der Waals surface area contributed by atoms with Crippen molar-refractivity contribution in [3.63, 3.8) is 0 Å². The van der Waals surface area contributed by atoms with E-state index in [2.05, 4.69) is 6.58 Å². The molecule has 2 aliphatic heterocycles. The van der Waals surface area contributed by atoms with Crippen LogP contribution in [0.25, 0.3) is 0 Å². The highest BCUT2D eigenvalue weighted by Gasteiger charge is 2.55. The van der Waals surface area contributed by atoms with Gasteiger partial charge in [0.1, 0.15) is 24.4 Å². The average Bonchev–Trinajstić information content (AvgIpc) is 3.05. The van der Waals surface area contributed by atoms with E-state index in [1.54, 1.807) is 6.92 Å². The zero-order chi connectivity index (χ0) is 27.2. The van der Waals surface area contributed by atoms with E-state index in [9.17, 15) is 24.3 Å². The van der Waals surface area contributed by atoms with Gasteiger partial charge in [-0.15, -0.1) is 6.58 Å². The van der Waals surface area contributed by atoms with Crippen molar-refractivity contribution < 1.29 is 62.2 Å². The van der Waals surface area contributed by atoms with Crippen molar-refractivity contribution in [2.24, 2.45) is 0 Å². The first kappa shape index (κ1) is 29.6. The number of esters is 4. The molecule has 2 aliphatic rings. The first-order valence-electron chi connectivity index (χ1n) is 11.4. The minimum atomic E-state index is -1.47.